The lowest BCUT2D eigenvalue weighted by Gasteiger charge is -2.21. The summed E-state index contributed by atoms with van der Waals surface area (Å²) in [7, 11) is 1.66. The first-order valence-electron chi connectivity index (χ1n) is 8.38. The number of nitrogens with zero attached hydrogens (tertiary/aromatic N) is 1. The maximum Gasteiger partial charge on any atom is 0.234 e. The molecule has 24 heavy (non-hydrogen) atoms. The summed E-state index contributed by atoms with van der Waals surface area (Å²) in [5.41, 5.74) is 2.18. The molecule has 1 aromatic carbocycles. The molecule has 0 unspecified atom stereocenters. The minimum atomic E-state index is -0.0599. The SMILES string of the molecule is CO[C@@H]1C[C@@H](CO)N(CC(=O)NCCOc2c(C)cccc2C)C1. The summed E-state index contributed by atoms with van der Waals surface area (Å²) in [5, 5.41) is 12.3. The fourth-order valence-electron chi connectivity index (χ4n) is 3.10. The number of aryl methyl sites for hydroxylation is 2. The molecule has 0 aliphatic carbocycles. The molecule has 2 atom stereocenters. The predicted molar refractivity (Wildman–Crippen MR) is 92.3 cm³/mol. The summed E-state index contributed by atoms with van der Waals surface area (Å²) in [4.78, 5) is 14.0. The largest absolute Gasteiger partial charge is 0.491 e. The van der Waals surface area contributed by atoms with Gasteiger partial charge in [-0.15, -0.1) is 0 Å². The number of likely N-dealkylation sites (tertiary alicyclic amines) is 1. The molecular weight excluding hydrogens is 308 g/mol. The molecule has 1 aliphatic rings. The second-order valence-corrected chi connectivity index (χ2v) is 6.28. The van der Waals surface area contributed by atoms with E-state index in [0.717, 1.165) is 23.3 Å². The molecule has 0 spiro atoms. The number of benzene rings is 1. The molecule has 0 bridgehead atoms. The van der Waals surface area contributed by atoms with Crippen LogP contribution in [0.4, 0.5) is 0 Å². The van der Waals surface area contributed by atoms with Crippen molar-refractivity contribution in [2.45, 2.75) is 32.4 Å². The van der Waals surface area contributed by atoms with Crippen LogP contribution in [0.5, 0.6) is 5.75 Å². The summed E-state index contributed by atoms with van der Waals surface area (Å²) >= 11 is 0. The Bertz CT molecular complexity index is 530. The molecule has 134 valence electrons. The molecular formula is C18H28N2O4. The van der Waals surface area contributed by atoms with Gasteiger partial charge in [0.25, 0.3) is 0 Å². The normalized spacial score (nSPS) is 21.0. The van der Waals surface area contributed by atoms with Crippen LogP contribution in [0, 0.1) is 13.8 Å². The molecule has 0 aromatic heterocycles. The van der Waals surface area contributed by atoms with E-state index in [1.54, 1.807) is 7.11 Å². The fourth-order valence-corrected chi connectivity index (χ4v) is 3.10. The lowest BCUT2D eigenvalue weighted by Crippen LogP contribution is -2.42. The highest BCUT2D eigenvalue weighted by Gasteiger charge is 2.32. The van der Waals surface area contributed by atoms with Crippen LogP contribution in [0.2, 0.25) is 0 Å². The fraction of sp³-hybridized carbons (Fsp3) is 0.611. The minimum absolute atomic E-state index is 0.00781. The second-order valence-electron chi connectivity index (χ2n) is 6.28. The number of carbonyl (C=O) groups is 1. The van der Waals surface area contributed by atoms with Gasteiger partial charge in [0.2, 0.25) is 5.91 Å². The number of hydrogen-bond acceptors (Lipinski definition) is 5. The summed E-state index contributed by atoms with van der Waals surface area (Å²) in [6.07, 6.45) is 0.845. The standard InChI is InChI=1S/C18H28N2O4/c1-13-5-4-6-14(2)18(13)24-8-7-19-17(22)11-20-10-16(23-3)9-15(20)12-21/h4-6,15-16,21H,7-12H2,1-3H3,(H,19,22)/t15-,16+/m0/s1. The number of para-hydroxylation sites is 1. The van der Waals surface area contributed by atoms with Gasteiger partial charge in [-0.3, -0.25) is 9.69 Å². The predicted octanol–water partition coefficient (Wildman–Crippen LogP) is 0.880. The summed E-state index contributed by atoms with van der Waals surface area (Å²) in [5.74, 6) is 0.824. The maximum absolute atomic E-state index is 12.1. The lowest BCUT2D eigenvalue weighted by atomic mass is 10.1. The summed E-state index contributed by atoms with van der Waals surface area (Å²) < 4.78 is 11.1. The number of amides is 1. The Kier molecular flexibility index (Phi) is 7.02. The topological polar surface area (TPSA) is 71.0 Å². The van der Waals surface area contributed by atoms with Gasteiger partial charge in [0.15, 0.2) is 0 Å². The van der Waals surface area contributed by atoms with Crippen molar-refractivity contribution in [2.75, 3.05) is 40.0 Å². The molecule has 2 N–H and O–H groups in total. The molecule has 6 nitrogen and oxygen atoms in total. The number of ether oxygens (including phenoxy) is 2. The van der Waals surface area contributed by atoms with Crippen molar-refractivity contribution in [1.29, 1.82) is 0 Å². The zero-order valence-corrected chi connectivity index (χ0v) is 14.7. The van der Waals surface area contributed by atoms with Crippen LogP contribution in [-0.4, -0.2) is 68.0 Å². The third kappa shape index (κ3) is 4.93. The molecule has 1 aliphatic heterocycles. The molecule has 1 aromatic rings. The first kappa shape index (κ1) is 18.7. The Morgan fingerprint density at radius 1 is 1.38 bits per heavy atom. The number of aliphatic hydroxyl groups is 1. The van der Waals surface area contributed by atoms with Gasteiger partial charge in [-0.25, -0.2) is 0 Å². The average Bonchev–Trinajstić information content (AvgIpc) is 2.95. The maximum atomic E-state index is 12.1. The third-order valence-corrected chi connectivity index (χ3v) is 4.46. The molecule has 1 saturated heterocycles. The number of carbonyl (C=O) groups excluding carboxylic acids is 1. The van der Waals surface area contributed by atoms with E-state index in [2.05, 4.69) is 5.32 Å². The van der Waals surface area contributed by atoms with Crippen LogP contribution in [0.15, 0.2) is 18.2 Å². The van der Waals surface area contributed by atoms with E-state index >= 15 is 0 Å². The van der Waals surface area contributed by atoms with Crippen molar-refractivity contribution in [1.82, 2.24) is 10.2 Å². The van der Waals surface area contributed by atoms with E-state index < -0.39 is 0 Å². The molecule has 2 rings (SSSR count). The average molecular weight is 336 g/mol. The first-order chi connectivity index (χ1) is 11.5. The van der Waals surface area contributed by atoms with Gasteiger partial charge in [0.05, 0.1) is 25.8 Å². The van der Waals surface area contributed by atoms with E-state index in [-0.39, 0.29) is 31.2 Å². The summed E-state index contributed by atoms with van der Waals surface area (Å²) in [6, 6.07) is 6.01. The lowest BCUT2D eigenvalue weighted by molar-refractivity contribution is -0.122. The van der Waals surface area contributed by atoms with E-state index in [0.29, 0.717) is 19.7 Å². The number of rotatable bonds is 8. The number of nitrogens with one attached hydrogen (secondary N) is 1. The van der Waals surface area contributed by atoms with Crippen LogP contribution < -0.4 is 10.1 Å². The van der Waals surface area contributed by atoms with Gasteiger partial charge in [0, 0.05) is 19.7 Å². The number of methoxy groups -OCH3 is 1. The van der Waals surface area contributed by atoms with Gasteiger partial charge in [-0.2, -0.15) is 0 Å². The highest BCUT2D eigenvalue weighted by Crippen LogP contribution is 2.22. The van der Waals surface area contributed by atoms with E-state index in [9.17, 15) is 9.90 Å². The van der Waals surface area contributed by atoms with Crippen molar-refractivity contribution in [3.8, 4) is 5.75 Å². The van der Waals surface area contributed by atoms with Gasteiger partial charge < -0.3 is 19.9 Å². The Labute approximate surface area is 143 Å². The molecule has 0 radical (unpaired) electrons. The number of hydrogen-bond donors (Lipinski definition) is 2. The van der Waals surface area contributed by atoms with Gasteiger partial charge in [-0.1, -0.05) is 18.2 Å². The van der Waals surface area contributed by atoms with Gasteiger partial charge in [-0.05, 0) is 31.4 Å². The van der Waals surface area contributed by atoms with Crippen molar-refractivity contribution in [3.05, 3.63) is 29.3 Å². The Morgan fingerprint density at radius 3 is 2.71 bits per heavy atom. The molecule has 1 heterocycles. The molecule has 0 saturated carbocycles. The minimum Gasteiger partial charge on any atom is -0.491 e. The third-order valence-electron chi connectivity index (χ3n) is 4.46. The zero-order chi connectivity index (χ0) is 17.5. The highest BCUT2D eigenvalue weighted by molar-refractivity contribution is 5.78. The van der Waals surface area contributed by atoms with Crippen LogP contribution in [0.3, 0.4) is 0 Å². The molecule has 1 fully saturated rings. The van der Waals surface area contributed by atoms with Crippen molar-refractivity contribution in [2.24, 2.45) is 0 Å². The summed E-state index contributed by atoms with van der Waals surface area (Å²) in [6.45, 7) is 5.90. The quantitative estimate of drug-likeness (QED) is 0.690. The van der Waals surface area contributed by atoms with Crippen molar-refractivity contribution >= 4 is 5.91 Å². The van der Waals surface area contributed by atoms with E-state index in [1.165, 1.54) is 0 Å². The number of aliphatic hydroxyl groups excluding tert-OH is 1. The van der Waals surface area contributed by atoms with Gasteiger partial charge in [0.1, 0.15) is 12.4 Å². The van der Waals surface area contributed by atoms with Gasteiger partial charge >= 0.3 is 0 Å². The van der Waals surface area contributed by atoms with E-state index in [1.807, 2.05) is 36.9 Å². The van der Waals surface area contributed by atoms with Crippen LogP contribution in [0.25, 0.3) is 0 Å². The second kappa shape index (κ2) is 9.01. The Balaban J connectivity index is 1.72. The van der Waals surface area contributed by atoms with Crippen LogP contribution in [-0.2, 0) is 9.53 Å². The molecule has 1 amide bonds. The first-order valence-corrected chi connectivity index (χ1v) is 8.38. The Morgan fingerprint density at radius 2 is 2.08 bits per heavy atom. The van der Waals surface area contributed by atoms with Crippen LogP contribution >= 0.6 is 0 Å². The monoisotopic (exact) mass is 336 g/mol. The van der Waals surface area contributed by atoms with E-state index in [4.69, 9.17) is 9.47 Å². The highest BCUT2D eigenvalue weighted by atomic mass is 16.5. The van der Waals surface area contributed by atoms with Crippen LogP contribution in [0.1, 0.15) is 17.5 Å². The van der Waals surface area contributed by atoms with Crippen molar-refractivity contribution in [3.63, 3.8) is 0 Å². The smallest absolute Gasteiger partial charge is 0.234 e. The Hall–Kier alpha value is -1.63. The van der Waals surface area contributed by atoms with Crippen molar-refractivity contribution < 1.29 is 19.4 Å². The molecule has 6 heteroatoms. The zero-order valence-electron chi connectivity index (χ0n) is 14.7.